The second-order valence-corrected chi connectivity index (χ2v) is 13.4. The summed E-state index contributed by atoms with van der Waals surface area (Å²) in [5.74, 6) is -1.14. The Morgan fingerprint density at radius 1 is 1.02 bits per heavy atom. The Balaban J connectivity index is 1.47. The molecule has 0 aromatic heterocycles. The van der Waals surface area contributed by atoms with Crippen molar-refractivity contribution in [3.63, 3.8) is 0 Å². The fourth-order valence-electron chi connectivity index (χ4n) is 5.64. The predicted molar refractivity (Wildman–Crippen MR) is 168 cm³/mol. The zero-order valence-electron chi connectivity index (χ0n) is 24.9. The molecule has 3 amide bonds. The molecule has 13 heteroatoms. The van der Waals surface area contributed by atoms with Crippen LogP contribution in [-0.4, -0.2) is 80.9 Å². The van der Waals surface area contributed by atoms with Gasteiger partial charge in [-0.1, -0.05) is 48.0 Å². The van der Waals surface area contributed by atoms with Crippen LogP contribution in [0.5, 0.6) is 0 Å². The first-order chi connectivity index (χ1) is 21.2. The molecule has 2 aliphatic heterocycles. The molecule has 0 radical (unpaired) electrons. The van der Waals surface area contributed by atoms with E-state index in [0.717, 1.165) is 17.5 Å². The van der Waals surface area contributed by atoms with Crippen LogP contribution in [0.25, 0.3) is 0 Å². The molecule has 2 aromatic rings. The SMILES string of the molecule is NCc1ccc(Cl)cc1CNC(=O)[C@@H]1CCCCN1C(=O)[C@@H](CCCC(=O)N1CCOCC1)NS(=O)(=O)Cc1ccccc1. The van der Waals surface area contributed by atoms with Crippen LogP contribution in [0, 0.1) is 0 Å². The van der Waals surface area contributed by atoms with E-state index in [1.54, 1.807) is 47.4 Å². The van der Waals surface area contributed by atoms with Gasteiger partial charge < -0.3 is 25.6 Å². The Morgan fingerprint density at radius 3 is 2.50 bits per heavy atom. The van der Waals surface area contributed by atoms with Gasteiger partial charge in [0.1, 0.15) is 12.1 Å². The molecule has 0 saturated carbocycles. The number of hydrogen-bond acceptors (Lipinski definition) is 7. The molecule has 0 bridgehead atoms. The number of carbonyl (C=O) groups is 3. The number of carbonyl (C=O) groups excluding carboxylic acids is 3. The molecule has 4 rings (SSSR count). The minimum absolute atomic E-state index is 0.0558. The van der Waals surface area contributed by atoms with Crippen LogP contribution in [-0.2, 0) is 48.0 Å². The van der Waals surface area contributed by atoms with Crippen LogP contribution in [0.4, 0.5) is 0 Å². The minimum Gasteiger partial charge on any atom is -0.378 e. The third-order valence-electron chi connectivity index (χ3n) is 8.00. The standard InChI is InChI=1S/C31H42ClN5O6S/c32-26-13-12-24(20-33)25(19-26)21-34-30(39)28-10-4-5-14-37(28)31(40)27(9-6-11-29(38)36-15-17-43-18-16-36)35-44(41,42)22-23-7-2-1-3-8-23/h1-3,7-8,12-13,19,27-28,35H,4-6,9-11,14-18,20-22,33H2,(H,34,39)/t27-,28+/m1/s1. The summed E-state index contributed by atoms with van der Waals surface area (Å²) in [6.45, 7) is 2.79. The highest BCUT2D eigenvalue weighted by molar-refractivity contribution is 7.88. The highest BCUT2D eigenvalue weighted by atomic mass is 35.5. The highest BCUT2D eigenvalue weighted by Crippen LogP contribution is 2.22. The van der Waals surface area contributed by atoms with Crippen molar-refractivity contribution in [2.45, 2.75) is 69.5 Å². The molecule has 44 heavy (non-hydrogen) atoms. The maximum Gasteiger partial charge on any atom is 0.243 e. The molecular weight excluding hydrogens is 606 g/mol. The molecule has 2 heterocycles. The fraction of sp³-hybridized carbons (Fsp3) is 0.516. The van der Waals surface area contributed by atoms with Gasteiger partial charge in [-0.2, -0.15) is 0 Å². The van der Waals surface area contributed by atoms with E-state index in [2.05, 4.69) is 10.0 Å². The summed E-state index contributed by atoms with van der Waals surface area (Å²) in [5.41, 5.74) is 8.08. The Labute approximate surface area is 264 Å². The molecule has 2 saturated heterocycles. The van der Waals surface area contributed by atoms with Crippen LogP contribution in [0.1, 0.15) is 55.2 Å². The van der Waals surface area contributed by atoms with Crippen molar-refractivity contribution in [3.05, 3.63) is 70.2 Å². The molecule has 0 spiro atoms. The van der Waals surface area contributed by atoms with Crippen molar-refractivity contribution >= 4 is 39.3 Å². The first kappa shape index (κ1) is 33.9. The van der Waals surface area contributed by atoms with Crippen LogP contribution in [0.3, 0.4) is 0 Å². The second-order valence-electron chi connectivity index (χ2n) is 11.2. The topological polar surface area (TPSA) is 151 Å². The van der Waals surface area contributed by atoms with Gasteiger partial charge in [-0.05, 0) is 60.9 Å². The number of morpholine rings is 1. The van der Waals surface area contributed by atoms with Crippen LogP contribution < -0.4 is 15.8 Å². The maximum absolute atomic E-state index is 14.0. The smallest absolute Gasteiger partial charge is 0.243 e. The molecule has 11 nitrogen and oxygen atoms in total. The summed E-state index contributed by atoms with van der Waals surface area (Å²) in [5, 5.41) is 3.45. The summed E-state index contributed by atoms with van der Waals surface area (Å²) in [7, 11) is -3.92. The average Bonchev–Trinajstić information content (AvgIpc) is 3.03. The van der Waals surface area contributed by atoms with Gasteiger partial charge >= 0.3 is 0 Å². The number of sulfonamides is 1. The molecule has 0 unspecified atom stereocenters. The molecule has 240 valence electrons. The normalized spacial score (nSPS) is 18.1. The second kappa shape index (κ2) is 16.3. The van der Waals surface area contributed by atoms with Gasteiger partial charge in [0.15, 0.2) is 0 Å². The summed E-state index contributed by atoms with van der Waals surface area (Å²) < 4.78 is 34.4. The summed E-state index contributed by atoms with van der Waals surface area (Å²) >= 11 is 6.15. The number of ether oxygens (including phenoxy) is 1. The number of nitrogens with zero attached hydrogens (tertiary/aromatic N) is 2. The summed E-state index contributed by atoms with van der Waals surface area (Å²) in [4.78, 5) is 43.4. The zero-order chi connectivity index (χ0) is 31.5. The van der Waals surface area contributed by atoms with Crippen LogP contribution in [0.15, 0.2) is 48.5 Å². The Hall–Kier alpha value is -3.03. The van der Waals surface area contributed by atoms with Crippen LogP contribution in [0.2, 0.25) is 5.02 Å². The van der Waals surface area contributed by atoms with Gasteiger partial charge in [0.2, 0.25) is 27.7 Å². The van der Waals surface area contributed by atoms with E-state index in [1.807, 2.05) is 6.07 Å². The number of likely N-dealkylation sites (tertiary alicyclic amines) is 1. The third-order valence-corrected chi connectivity index (χ3v) is 9.59. The van der Waals surface area contributed by atoms with Crippen molar-refractivity contribution in [3.8, 4) is 0 Å². The van der Waals surface area contributed by atoms with Crippen LogP contribution >= 0.6 is 11.6 Å². The molecule has 2 atom stereocenters. The van der Waals surface area contributed by atoms with E-state index in [1.165, 1.54) is 4.90 Å². The predicted octanol–water partition coefficient (Wildman–Crippen LogP) is 2.31. The molecule has 0 aliphatic carbocycles. The minimum atomic E-state index is -3.92. The third kappa shape index (κ3) is 9.73. The zero-order valence-corrected chi connectivity index (χ0v) is 26.5. The van der Waals surface area contributed by atoms with Gasteiger partial charge in [-0.25, -0.2) is 13.1 Å². The number of nitrogens with one attached hydrogen (secondary N) is 2. The van der Waals surface area contributed by atoms with Crippen molar-refractivity contribution in [1.82, 2.24) is 19.8 Å². The highest BCUT2D eigenvalue weighted by Gasteiger charge is 2.37. The number of halogens is 1. The molecule has 2 aromatic carbocycles. The molecular formula is C31H42ClN5O6S. The van der Waals surface area contributed by atoms with E-state index < -0.39 is 28.0 Å². The molecule has 4 N–H and O–H groups in total. The van der Waals surface area contributed by atoms with Crippen molar-refractivity contribution in [1.29, 1.82) is 0 Å². The Bertz CT molecular complexity index is 1390. The van der Waals surface area contributed by atoms with E-state index in [-0.39, 0.29) is 43.5 Å². The van der Waals surface area contributed by atoms with E-state index in [9.17, 15) is 22.8 Å². The van der Waals surface area contributed by atoms with Gasteiger partial charge in [0, 0.05) is 44.2 Å². The number of piperidine rings is 1. The Kier molecular flexibility index (Phi) is 12.6. The lowest BCUT2D eigenvalue weighted by Gasteiger charge is -2.37. The van der Waals surface area contributed by atoms with Crippen molar-refractivity contribution in [2.75, 3.05) is 32.8 Å². The van der Waals surface area contributed by atoms with Gasteiger partial charge in [0.05, 0.1) is 19.0 Å². The van der Waals surface area contributed by atoms with Gasteiger partial charge in [0.25, 0.3) is 0 Å². The average molecular weight is 648 g/mol. The number of nitrogens with two attached hydrogens (primary N) is 1. The monoisotopic (exact) mass is 647 g/mol. The lowest BCUT2D eigenvalue weighted by molar-refractivity contribution is -0.144. The van der Waals surface area contributed by atoms with Gasteiger partial charge in [-0.15, -0.1) is 0 Å². The maximum atomic E-state index is 14.0. The largest absolute Gasteiger partial charge is 0.378 e. The summed E-state index contributed by atoms with van der Waals surface area (Å²) in [6, 6.07) is 12.1. The van der Waals surface area contributed by atoms with E-state index in [4.69, 9.17) is 22.1 Å². The summed E-state index contributed by atoms with van der Waals surface area (Å²) in [6.07, 6.45) is 2.51. The number of rotatable bonds is 13. The van der Waals surface area contributed by atoms with E-state index in [0.29, 0.717) is 62.7 Å². The first-order valence-corrected chi connectivity index (χ1v) is 17.1. The van der Waals surface area contributed by atoms with Crippen molar-refractivity contribution < 1.29 is 27.5 Å². The Morgan fingerprint density at radius 2 is 1.77 bits per heavy atom. The number of amides is 3. The fourth-order valence-corrected chi connectivity index (χ4v) is 7.20. The quantitative estimate of drug-likeness (QED) is 0.302. The number of hydrogen-bond donors (Lipinski definition) is 3. The number of benzene rings is 2. The first-order valence-electron chi connectivity index (χ1n) is 15.1. The lowest BCUT2D eigenvalue weighted by Crippen LogP contribution is -2.57. The molecule has 2 aliphatic rings. The molecule has 2 fully saturated rings. The van der Waals surface area contributed by atoms with E-state index >= 15 is 0 Å². The van der Waals surface area contributed by atoms with Gasteiger partial charge in [-0.3, -0.25) is 14.4 Å². The van der Waals surface area contributed by atoms with Crippen molar-refractivity contribution in [2.24, 2.45) is 5.73 Å². The lowest BCUT2D eigenvalue weighted by atomic mass is 9.98.